The van der Waals surface area contributed by atoms with Gasteiger partial charge < -0.3 is 34.5 Å². The molecule has 280 valence electrons. The summed E-state index contributed by atoms with van der Waals surface area (Å²) in [5.74, 6) is -1.59. The smallest absolute Gasteiger partial charge is 0.410 e. The van der Waals surface area contributed by atoms with Crippen LogP contribution >= 0.6 is 0 Å². The first-order valence-corrected chi connectivity index (χ1v) is 17.8. The average Bonchev–Trinajstić information content (AvgIpc) is 3.77. The van der Waals surface area contributed by atoms with Gasteiger partial charge in [0, 0.05) is 37.3 Å². The molecule has 5 heterocycles. The van der Waals surface area contributed by atoms with Crippen molar-refractivity contribution in [2.45, 2.75) is 124 Å². The van der Waals surface area contributed by atoms with Crippen molar-refractivity contribution in [1.82, 2.24) is 24.3 Å². The minimum absolute atomic E-state index is 0.0635. The van der Waals surface area contributed by atoms with E-state index >= 15 is 0 Å². The maximum atomic E-state index is 12.6. The van der Waals surface area contributed by atoms with E-state index in [-0.39, 0.29) is 47.6 Å². The highest BCUT2D eigenvalue weighted by Gasteiger charge is 2.45. The maximum absolute atomic E-state index is 12.6. The lowest BCUT2D eigenvalue weighted by Gasteiger charge is -2.45. The lowest BCUT2D eigenvalue weighted by molar-refractivity contribution is -0.141. The van der Waals surface area contributed by atoms with Gasteiger partial charge in [-0.25, -0.2) is 14.8 Å². The normalized spacial score (nSPS) is 20.4. The van der Waals surface area contributed by atoms with Crippen molar-refractivity contribution in [3.8, 4) is 0 Å². The minimum Gasteiger partial charge on any atom is -0.481 e. The Hall–Kier alpha value is -3.78. The summed E-state index contributed by atoms with van der Waals surface area (Å²) in [5.41, 5.74) is 0.455. The van der Waals surface area contributed by atoms with Crippen LogP contribution in [0.2, 0.25) is 0 Å². The third kappa shape index (κ3) is 11.1. The summed E-state index contributed by atoms with van der Waals surface area (Å²) in [6.45, 7) is 19.5. The largest absolute Gasteiger partial charge is 0.481 e. The number of piperidine rings is 1. The third-order valence-electron chi connectivity index (χ3n) is 9.17. The summed E-state index contributed by atoms with van der Waals surface area (Å²) in [7, 11) is 0. The zero-order valence-corrected chi connectivity index (χ0v) is 31.3. The van der Waals surface area contributed by atoms with Crippen molar-refractivity contribution in [3.05, 3.63) is 18.6 Å². The van der Waals surface area contributed by atoms with Crippen LogP contribution in [0.3, 0.4) is 0 Å². The van der Waals surface area contributed by atoms with Gasteiger partial charge in [-0.15, -0.1) is 0 Å². The molecule has 0 aromatic carbocycles. The Morgan fingerprint density at radius 1 is 0.940 bits per heavy atom. The summed E-state index contributed by atoms with van der Waals surface area (Å²) in [4.78, 5) is 57.5. The number of carboxylic acids is 2. The summed E-state index contributed by atoms with van der Waals surface area (Å²) < 4.78 is 14.2. The van der Waals surface area contributed by atoms with Crippen LogP contribution in [0.25, 0.3) is 11.0 Å². The van der Waals surface area contributed by atoms with Gasteiger partial charge >= 0.3 is 18.0 Å². The zero-order valence-electron chi connectivity index (χ0n) is 31.3. The molecule has 2 amide bonds. The fraction of sp³-hybridized carbons (Fsp3) is 0.722. The summed E-state index contributed by atoms with van der Waals surface area (Å²) >= 11 is 0. The SMILES string of the molecule is CC(C)C(=O)Nc1ncnc2c1ccn2C1CCC(CN2CCCC23CCN(C(=O)OC(C)(C)C)CC3)O1.CC(C)C(=O)O.CC(C)C(=O)O. The molecule has 2 unspecified atom stereocenters. The monoisotopic (exact) mass is 702 g/mol. The second-order valence-electron chi connectivity index (χ2n) is 15.3. The highest BCUT2D eigenvalue weighted by atomic mass is 16.6. The van der Waals surface area contributed by atoms with E-state index in [0.717, 1.165) is 62.9 Å². The number of amides is 2. The quantitative estimate of drug-likeness (QED) is 0.307. The van der Waals surface area contributed by atoms with E-state index in [1.54, 1.807) is 27.7 Å². The highest BCUT2D eigenvalue weighted by Crippen LogP contribution is 2.41. The Balaban J connectivity index is 0.000000485. The molecule has 14 nitrogen and oxygen atoms in total. The number of hydrogen-bond acceptors (Lipinski definition) is 9. The van der Waals surface area contributed by atoms with Gasteiger partial charge in [0.1, 0.15) is 29.6 Å². The van der Waals surface area contributed by atoms with E-state index in [1.807, 2.05) is 51.8 Å². The zero-order chi connectivity index (χ0) is 37.4. The van der Waals surface area contributed by atoms with Crippen molar-refractivity contribution >= 4 is 40.8 Å². The molecule has 3 fully saturated rings. The Kier molecular flexibility index (Phi) is 14.2. The Morgan fingerprint density at radius 2 is 1.54 bits per heavy atom. The number of nitrogens with one attached hydrogen (secondary N) is 1. The topological polar surface area (TPSA) is 176 Å². The number of hydrogen-bond donors (Lipinski definition) is 3. The third-order valence-corrected chi connectivity index (χ3v) is 9.17. The van der Waals surface area contributed by atoms with Gasteiger partial charge in [0.15, 0.2) is 0 Å². The van der Waals surface area contributed by atoms with Gasteiger partial charge in [-0.3, -0.25) is 19.3 Å². The van der Waals surface area contributed by atoms with E-state index in [9.17, 15) is 19.2 Å². The number of rotatable bonds is 7. The van der Waals surface area contributed by atoms with Crippen molar-refractivity contribution in [2.75, 3.05) is 31.5 Å². The van der Waals surface area contributed by atoms with Crippen LogP contribution in [0.15, 0.2) is 18.6 Å². The molecule has 0 saturated carbocycles. The first-order valence-electron chi connectivity index (χ1n) is 17.8. The van der Waals surface area contributed by atoms with Crippen LogP contribution in [0.5, 0.6) is 0 Å². The first-order chi connectivity index (χ1) is 23.3. The molecule has 0 bridgehead atoms. The molecule has 0 aliphatic carbocycles. The van der Waals surface area contributed by atoms with Crippen LogP contribution in [0.1, 0.15) is 107 Å². The molecule has 2 aromatic rings. The predicted octanol–water partition coefficient (Wildman–Crippen LogP) is 6.02. The molecular weight excluding hydrogens is 644 g/mol. The van der Waals surface area contributed by atoms with Crippen molar-refractivity contribution < 1.29 is 38.9 Å². The number of ether oxygens (including phenoxy) is 2. The van der Waals surface area contributed by atoms with Crippen LogP contribution < -0.4 is 5.32 Å². The summed E-state index contributed by atoms with van der Waals surface area (Å²) in [6.07, 6.45) is 9.57. The number of carboxylic acid groups (broad SMARTS) is 2. The highest BCUT2D eigenvalue weighted by molar-refractivity contribution is 5.99. The maximum Gasteiger partial charge on any atom is 0.410 e. The number of anilines is 1. The minimum atomic E-state index is -0.741. The molecule has 2 atom stereocenters. The Morgan fingerprint density at radius 3 is 2.08 bits per heavy atom. The summed E-state index contributed by atoms with van der Waals surface area (Å²) in [6, 6.07) is 1.95. The Bertz CT molecular complexity index is 1440. The van der Waals surface area contributed by atoms with Crippen LogP contribution in [0.4, 0.5) is 10.6 Å². The lowest BCUT2D eigenvalue weighted by atomic mass is 9.85. The number of nitrogens with zero attached hydrogens (tertiary/aromatic N) is 5. The van der Waals surface area contributed by atoms with Crippen LogP contribution in [-0.2, 0) is 23.9 Å². The molecule has 2 aromatic heterocycles. The lowest BCUT2D eigenvalue weighted by Crippen LogP contribution is -2.55. The van der Waals surface area contributed by atoms with Gasteiger partial charge in [0.25, 0.3) is 0 Å². The van der Waals surface area contributed by atoms with Crippen LogP contribution in [-0.4, -0.2) is 102 Å². The van der Waals surface area contributed by atoms with Gasteiger partial charge in [-0.05, 0) is 71.9 Å². The number of likely N-dealkylation sites (tertiary alicyclic amines) is 2. The number of fused-ring (bicyclic) bond motifs is 1. The molecule has 3 aliphatic heterocycles. The number of carbonyl (C=O) groups excluding carboxylic acids is 2. The average molecular weight is 703 g/mol. The predicted molar refractivity (Wildman–Crippen MR) is 190 cm³/mol. The van der Waals surface area contributed by atoms with Crippen molar-refractivity contribution in [1.29, 1.82) is 0 Å². The van der Waals surface area contributed by atoms with Gasteiger partial charge in [-0.1, -0.05) is 41.5 Å². The molecular formula is C36H58N6O8. The summed E-state index contributed by atoms with van der Waals surface area (Å²) in [5, 5.41) is 19.7. The van der Waals surface area contributed by atoms with Crippen LogP contribution in [0, 0.1) is 17.8 Å². The second-order valence-corrected chi connectivity index (χ2v) is 15.3. The Labute approximate surface area is 295 Å². The molecule has 14 heteroatoms. The van der Waals surface area contributed by atoms with Gasteiger partial charge in [-0.2, -0.15) is 0 Å². The van der Waals surface area contributed by atoms with E-state index in [1.165, 1.54) is 19.2 Å². The molecule has 0 radical (unpaired) electrons. The second kappa shape index (κ2) is 17.4. The van der Waals surface area contributed by atoms with E-state index in [4.69, 9.17) is 19.7 Å². The molecule has 3 aliphatic rings. The van der Waals surface area contributed by atoms with E-state index in [0.29, 0.717) is 5.82 Å². The molecule has 50 heavy (non-hydrogen) atoms. The fourth-order valence-corrected chi connectivity index (χ4v) is 6.11. The first kappa shape index (κ1) is 40.6. The van der Waals surface area contributed by atoms with E-state index < -0.39 is 17.5 Å². The molecule has 3 saturated heterocycles. The fourth-order valence-electron chi connectivity index (χ4n) is 6.11. The van der Waals surface area contributed by atoms with Crippen molar-refractivity contribution in [3.63, 3.8) is 0 Å². The van der Waals surface area contributed by atoms with Crippen molar-refractivity contribution in [2.24, 2.45) is 17.8 Å². The standard InChI is InChI=1S/C28H42N6O4.2C4H8O2/c1-19(2)25(35)31-23-21-9-14-34(24(21)30-18-29-23)22-8-7-20(37-22)17-33-13-6-10-28(33)11-15-32(16-12-28)26(36)38-27(3,4)5;2*1-3(2)4(5)6/h9,14,18-20,22H,6-8,10-13,15-17H2,1-5H3,(H,29,30,31,35);2*3H,1-2H3,(H,5,6). The number of carbonyl (C=O) groups is 4. The van der Waals surface area contributed by atoms with E-state index in [2.05, 4.69) is 24.8 Å². The van der Waals surface area contributed by atoms with Gasteiger partial charge in [0.05, 0.1) is 23.3 Å². The number of aromatic nitrogens is 3. The molecule has 3 N–H and O–H groups in total. The molecule has 1 spiro atoms. The van der Waals surface area contributed by atoms with Gasteiger partial charge in [0.2, 0.25) is 5.91 Å². The molecule has 5 rings (SSSR count). The number of aliphatic carboxylic acids is 2.